The van der Waals surface area contributed by atoms with Gasteiger partial charge in [0.05, 0.1) is 4.92 Å². The lowest BCUT2D eigenvalue weighted by Crippen LogP contribution is -2.40. The van der Waals surface area contributed by atoms with Gasteiger partial charge in [0.15, 0.2) is 17.3 Å². The van der Waals surface area contributed by atoms with Crippen LogP contribution in [-0.2, 0) is 0 Å². The highest BCUT2D eigenvalue weighted by Gasteiger charge is 2.27. The monoisotopic (exact) mass is 299 g/mol. The highest BCUT2D eigenvalue weighted by Crippen LogP contribution is 2.31. The third-order valence-electron chi connectivity index (χ3n) is 4.01. The Morgan fingerprint density at radius 3 is 2.81 bits per heavy atom. The van der Waals surface area contributed by atoms with Gasteiger partial charge < -0.3 is 10.2 Å². The van der Waals surface area contributed by atoms with Gasteiger partial charge in [0.25, 0.3) is 5.69 Å². The summed E-state index contributed by atoms with van der Waals surface area (Å²) in [7, 11) is 2.00. The summed E-state index contributed by atoms with van der Waals surface area (Å²) in [6.07, 6.45) is 1.99. The summed E-state index contributed by atoms with van der Waals surface area (Å²) < 4.78 is 27.2. The second-order valence-corrected chi connectivity index (χ2v) is 5.61. The van der Waals surface area contributed by atoms with Gasteiger partial charge in [-0.2, -0.15) is 0 Å². The Bertz CT molecular complexity index is 539. The molecule has 1 heterocycles. The van der Waals surface area contributed by atoms with Crippen molar-refractivity contribution < 1.29 is 13.7 Å². The summed E-state index contributed by atoms with van der Waals surface area (Å²) in [6.45, 7) is 3.69. The molecular weight excluding hydrogens is 280 g/mol. The van der Waals surface area contributed by atoms with E-state index >= 15 is 0 Å². The van der Waals surface area contributed by atoms with Crippen LogP contribution in [0, 0.1) is 27.7 Å². The molecule has 2 atom stereocenters. The summed E-state index contributed by atoms with van der Waals surface area (Å²) in [6, 6.07) is 1.58. The molecule has 0 amide bonds. The van der Waals surface area contributed by atoms with Crippen molar-refractivity contribution in [2.45, 2.75) is 25.8 Å². The van der Waals surface area contributed by atoms with E-state index in [0.717, 1.165) is 38.1 Å². The number of hydrogen-bond acceptors (Lipinski definition) is 4. The predicted molar refractivity (Wildman–Crippen MR) is 76.3 cm³/mol. The molecule has 1 N–H and O–H groups in total. The molecule has 0 spiro atoms. The van der Waals surface area contributed by atoms with E-state index in [-0.39, 0.29) is 17.6 Å². The first kappa shape index (κ1) is 15.6. The maximum Gasteiger partial charge on any atom is 0.295 e. The molecule has 1 aliphatic heterocycles. The van der Waals surface area contributed by atoms with Gasteiger partial charge in [-0.1, -0.05) is 0 Å². The number of nitrogens with zero attached hydrogens (tertiary/aromatic N) is 2. The summed E-state index contributed by atoms with van der Waals surface area (Å²) in [5.41, 5.74) is -0.800. The first-order chi connectivity index (χ1) is 9.90. The number of nitro groups is 1. The van der Waals surface area contributed by atoms with E-state index in [1.807, 2.05) is 14.0 Å². The summed E-state index contributed by atoms with van der Waals surface area (Å²) >= 11 is 0. The van der Waals surface area contributed by atoms with Gasteiger partial charge in [0.2, 0.25) is 0 Å². The molecule has 0 aromatic heterocycles. The van der Waals surface area contributed by atoms with Crippen molar-refractivity contribution in [1.29, 1.82) is 0 Å². The Morgan fingerprint density at radius 2 is 2.19 bits per heavy atom. The number of benzene rings is 1. The maximum absolute atomic E-state index is 13.9. The van der Waals surface area contributed by atoms with Gasteiger partial charge in [-0.25, -0.2) is 8.78 Å². The molecule has 2 rings (SSSR count). The molecule has 1 aliphatic rings. The molecule has 1 aromatic rings. The van der Waals surface area contributed by atoms with E-state index in [9.17, 15) is 18.9 Å². The maximum atomic E-state index is 13.9. The Balaban J connectivity index is 2.21. The second-order valence-electron chi connectivity index (χ2n) is 5.61. The Kier molecular flexibility index (Phi) is 4.72. The lowest BCUT2D eigenvalue weighted by molar-refractivity contribution is -0.384. The first-order valence-electron chi connectivity index (χ1n) is 6.97. The summed E-state index contributed by atoms with van der Waals surface area (Å²) in [5, 5.41) is 13.8. The average molecular weight is 299 g/mol. The lowest BCUT2D eigenvalue weighted by Gasteiger charge is -2.34. The molecule has 1 fully saturated rings. The van der Waals surface area contributed by atoms with Crippen molar-refractivity contribution >= 4 is 11.4 Å². The van der Waals surface area contributed by atoms with E-state index in [4.69, 9.17) is 0 Å². The average Bonchev–Trinajstić information content (AvgIpc) is 2.43. The molecule has 116 valence electrons. The van der Waals surface area contributed by atoms with Crippen molar-refractivity contribution in [1.82, 2.24) is 4.90 Å². The minimum atomic E-state index is -1.19. The van der Waals surface area contributed by atoms with Gasteiger partial charge in [0, 0.05) is 18.7 Å². The predicted octanol–water partition coefficient (Wildman–Crippen LogP) is 3.02. The van der Waals surface area contributed by atoms with E-state index < -0.39 is 22.2 Å². The number of halogens is 2. The Labute approximate surface area is 122 Å². The van der Waals surface area contributed by atoms with Crippen molar-refractivity contribution in [3.05, 3.63) is 33.9 Å². The molecule has 2 unspecified atom stereocenters. The highest BCUT2D eigenvalue weighted by molar-refractivity contribution is 5.63. The van der Waals surface area contributed by atoms with Gasteiger partial charge in [-0.15, -0.1) is 0 Å². The van der Waals surface area contributed by atoms with Crippen LogP contribution < -0.4 is 5.32 Å². The van der Waals surface area contributed by atoms with Crippen molar-refractivity contribution in [2.24, 2.45) is 5.92 Å². The number of rotatable bonds is 4. The van der Waals surface area contributed by atoms with Crippen LogP contribution in [0.1, 0.15) is 19.8 Å². The SMILES string of the molecule is CC(Nc1c([N+](=O)[O-])ccc(F)c1F)C1CCCN(C)C1. The number of likely N-dealkylation sites (tertiary alicyclic amines) is 1. The van der Waals surface area contributed by atoms with Crippen LogP contribution in [0.4, 0.5) is 20.2 Å². The molecule has 5 nitrogen and oxygen atoms in total. The molecule has 21 heavy (non-hydrogen) atoms. The molecule has 0 bridgehead atoms. The van der Waals surface area contributed by atoms with Crippen LogP contribution in [0.25, 0.3) is 0 Å². The minimum Gasteiger partial charge on any atom is -0.374 e. The van der Waals surface area contributed by atoms with E-state index in [2.05, 4.69) is 10.2 Å². The zero-order chi connectivity index (χ0) is 15.6. The number of hydrogen-bond donors (Lipinski definition) is 1. The van der Waals surface area contributed by atoms with Crippen LogP contribution in [-0.4, -0.2) is 36.0 Å². The lowest BCUT2D eigenvalue weighted by atomic mass is 9.91. The van der Waals surface area contributed by atoms with Gasteiger partial charge in [-0.3, -0.25) is 10.1 Å². The largest absolute Gasteiger partial charge is 0.374 e. The van der Waals surface area contributed by atoms with Crippen LogP contribution >= 0.6 is 0 Å². The third kappa shape index (κ3) is 3.47. The number of anilines is 1. The summed E-state index contributed by atoms with van der Waals surface area (Å²) in [4.78, 5) is 12.4. The van der Waals surface area contributed by atoms with Gasteiger partial charge >= 0.3 is 0 Å². The molecule has 0 saturated carbocycles. The quantitative estimate of drug-likeness (QED) is 0.686. The Hall–Kier alpha value is -1.76. The van der Waals surface area contributed by atoms with Crippen molar-refractivity contribution in [3.8, 4) is 0 Å². The van der Waals surface area contributed by atoms with E-state index in [1.165, 1.54) is 0 Å². The second kappa shape index (κ2) is 6.34. The number of nitrogens with one attached hydrogen (secondary N) is 1. The molecule has 0 radical (unpaired) electrons. The number of piperidine rings is 1. The molecular formula is C14H19F2N3O2. The fourth-order valence-electron chi connectivity index (χ4n) is 2.79. The normalized spacial score (nSPS) is 21.0. The van der Waals surface area contributed by atoms with Gasteiger partial charge in [-0.05, 0) is 45.3 Å². The van der Waals surface area contributed by atoms with Crippen LogP contribution in [0.3, 0.4) is 0 Å². The van der Waals surface area contributed by atoms with Crippen molar-refractivity contribution in [3.63, 3.8) is 0 Å². The number of nitro benzene ring substituents is 1. The standard InChI is InChI=1S/C14H19F2N3O2/c1-9(10-4-3-7-18(2)8-10)17-14-12(19(20)21)6-5-11(15)13(14)16/h5-6,9-10,17H,3-4,7-8H2,1-2H3. The topological polar surface area (TPSA) is 58.4 Å². The Morgan fingerprint density at radius 1 is 1.48 bits per heavy atom. The minimum absolute atomic E-state index is 0.178. The smallest absolute Gasteiger partial charge is 0.295 e. The molecule has 7 heteroatoms. The van der Waals surface area contributed by atoms with Crippen LogP contribution in [0.15, 0.2) is 12.1 Å². The fraction of sp³-hybridized carbons (Fsp3) is 0.571. The summed E-state index contributed by atoms with van der Waals surface area (Å²) in [5.74, 6) is -2.04. The molecule has 0 aliphatic carbocycles. The zero-order valence-corrected chi connectivity index (χ0v) is 12.1. The first-order valence-corrected chi connectivity index (χ1v) is 6.97. The van der Waals surface area contributed by atoms with E-state index in [0.29, 0.717) is 0 Å². The zero-order valence-electron chi connectivity index (χ0n) is 12.1. The van der Waals surface area contributed by atoms with Gasteiger partial charge in [0.1, 0.15) is 0 Å². The third-order valence-corrected chi connectivity index (χ3v) is 4.01. The van der Waals surface area contributed by atoms with Crippen molar-refractivity contribution in [2.75, 3.05) is 25.5 Å². The molecule has 1 saturated heterocycles. The highest BCUT2D eigenvalue weighted by atomic mass is 19.2. The van der Waals surface area contributed by atoms with Crippen LogP contribution in [0.2, 0.25) is 0 Å². The fourth-order valence-corrected chi connectivity index (χ4v) is 2.79. The van der Waals surface area contributed by atoms with Crippen LogP contribution in [0.5, 0.6) is 0 Å². The molecule has 1 aromatic carbocycles. The van der Waals surface area contributed by atoms with E-state index in [1.54, 1.807) is 0 Å².